The van der Waals surface area contributed by atoms with Crippen molar-refractivity contribution in [3.8, 4) is 0 Å². The molecule has 0 unspecified atom stereocenters. The maximum atomic E-state index is 13.4. The van der Waals surface area contributed by atoms with E-state index in [0.717, 1.165) is 15.7 Å². The van der Waals surface area contributed by atoms with Crippen molar-refractivity contribution in [1.29, 1.82) is 0 Å². The number of para-hydroxylation sites is 2. The average Bonchev–Trinajstić information content (AvgIpc) is 2.95. The van der Waals surface area contributed by atoms with Crippen molar-refractivity contribution >= 4 is 45.9 Å². The first-order valence-corrected chi connectivity index (χ1v) is 11.1. The summed E-state index contributed by atoms with van der Waals surface area (Å²) >= 11 is 0. The second-order valence-electron chi connectivity index (χ2n) is 8.89. The first kappa shape index (κ1) is 21.6. The summed E-state index contributed by atoms with van der Waals surface area (Å²) in [5.41, 5.74) is 0.405. The zero-order chi connectivity index (χ0) is 24.0. The van der Waals surface area contributed by atoms with E-state index < -0.39 is 36.0 Å². The van der Waals surface area contributed by atoms with E-state index in [2.05, 4.69) is 10.6 Å². The highest BCUT2D eigenvalue weighted by molar-refractivity contribution is 6.12. The van der Waals surface area contributed by atoms with Crippen molar-refractivity contribution in [1.82, 2.24) is 10.2 Å². The molecule has 2 atom stereocenters. The lowest BCUT2D eigenvalue weighted by molar-refractivity contribution is -0.134. The molecule has 3 aromatic carbocycles. The van der Waals surface area contributed by atoms with Crippen molar-refractivity contribution < 1.29 is 19.2 Å². The second kappa shape index (κ2) is 7.98. The molecule has 0 saturated carbocycles. The van der Waals surface area contributed by atoms with Gasteiger partial charge in [-0.15, -0.1) is 0 Å². The highest BCUT2D eigenvalue weighted by Crippen LogP contribution is 2.33. The molecule has 0 radical (unpaired) electrons. The highest BCUT2D eigenvalue weighted by atomic mass is 16.2. The van der Waals surface area contributed by atoms with Gasteiger partial charge < -0.3 is 15.5 Å². The van der Waals surface area contributed by atoms with Gasteiger partial charge in [0, 0.05) is 12.5 Å². The van der Waals surface area contributed by atoms with E-state index >= 15 is 0 Å². The molecular formula is C26H24N4O4. The lowest BCUT2D eigenvalue weighted by atomic mass is 9.90. The van der Waals surface area contributed by atoms with Crippen LogP contribution in [0, 0.1) is 0 Å². The van der Waals surface area contributed by atoms with Crippen molar-refractivity contribution in [2.45, 2.75) is 31.8 Å². The number of carbonyl (C=O) groups is 4. The molecule has 3 aromatic rings. The van der Waals surface area contributed by atoms with Crippen LogP contribution >= 0.6 is 0 Å². The molecule has 2 aliphatic heterocycles. The maximum Gasteiger partial charge on any atom is 0.325 e. The van der Waals surface area contributed by atoms with Gasteiger partial charge in [-0.1, -0.05) is 48.5 Å². The Morgan fingerprint density at radius 3 is 2.50 bits per heavy atom. The summed E-state index contributed by atoms with van der Waals surface area (Å²) in [4.78, 5) is 54.4. The number of urea groups is 1. The Balaban J connectivity index is 1.43. The minimum absolute atomic E-state index is 0.107. The number of rotatable bonds is 3. The molecule has 1 fully saturated rings. The van der Waals surface area contributed by atoms with Gasteiger partial charge >= 0.3 is 6.03 Å². The fraction of sp³-hybridized carbons (Fsp3) is 0.231. The van der Waals surface area contributed by atoms with E-state index in [0.29, 0.717) is 16.9 Å². The van der Waals surface area contributed by atoms with Crippen molar-refractivity contribution in [3.05, 3.63) is 72.3 Å². The van der Waals surface area contributed by atoms with E-state index in [4.69, 9.17) is 0 Å². The third-order valence-corrected chi connectivity index (χ3v) is 6.52. The minimum atomic E-state index is -1.29. The van der Waals surface area contributed by atoms with Crippen LogP contribution in [0.15, 0.2) is 66.7 Å². The van der Waals surface area contributed by atoms with Crippen LogP contribution in [0.25, 0.3) is 10.8 Å². The summed E-state index contributed by atoms with van der Waals surface area (Å²) in [6.45, 7) is 2.99. The van der Waals surface area contributed by atoms with Crippen molar-refractivity contribution in [2.75, 3.05) is 16.8 Å². The number of benzene rings is 3. The number of hydrogen-bond acceptors (Lipinski definition) is 4. The van der Waals surface area contributed by atoms with Gasteiger partial charge in [0.25, 0.3) is 5.91 Å². The number of anilines is 2. The zero-order valence-corrected chi connectivity index (χ0v) is 18.9. The van der Waals surface area contributed by atoms with Gasteiger partial charge in [-0.05, 0) is 48.4 Å². The molecular weight excluding hydrogens is 432 g/mol. The molecule has 0 spiro atoms. The Hall–Kier alpha value is -4.20. The normalized spacial score (nSPS) is 22.3. The van der Waals surface area contributed by atoms with E-state index in [1.54, 1.807) is 38.1 Å². The summed E-state index contributed by atoms with van der Waals surface area (Å²) in [5.74, 6) is -1.14. The standard InChI is InChI=1S/C26H24N4O4/c1-16-13-22(31)27-20-9-5-6-10-21(20)30(16)23(32)15-29-24(33)26(2,28-25(29)34)19-12-11-17-7-3-4-8-18(17)14-19/h3-12,14,16H,13,15H2,1-2H3,(H,27,31)(H,28,34)/t16-,26+/m0/s1. The second-order valence-corrected chi connectivity index (χ2v) is 8.89. The first-order chi connectivity index (χ1) is 16.3. The maximum absolute atomic E-state index is 13.4. The van der Waals surface area contributed by atoms with Gasteiger partial charge in [0.1, 0.15) is 12.1 Å². The number of fused-ring (bicyclic) bond motifs is 2. The molecule has 8 nitrogen and oxygen atoms in total. The zero-order valence-electron chi connectivity index (χ0n) is 18.9. The van der Waals surface area contributed by atoms with Crippen molar-refractivity contribution in [2.24, 2.45) is 0 Å². The average molecular weight is 457 g/mol. The molecule has 0 bridgehead atoms. The number of imide groups is 1. The monoisotopic (exact) mass is 456 g/mol. The van der Waals surface area contributed by atoms with E-state index in [-0.39, 0.29) is 12.3 Å². The third-order valence-electron chi connectivity index (χ3n) is 6.52. The fourth-order valence-electron chi connectivity index (χ4n) is 4.72. The molecule has 2 heterocycles. The minimum Gasteiger partial charge on any atom is -0.324 e. The molecule has 1 saturated heterocycles. The Labute approximate surface area is 196 Å². The van der Waals surface area contributed by atoms with Crippen LogP contribution in [0.5, 0.6) is 0 Å². The van der Waals surface area contributed by atoms with Gasteiger partial charge in [0.2, 0.25) is 11.8 Å². The first-order valence-electron chi connectivity index (χ1n) is 11.1. The number of nitrogens with zero attached hydrogens (tertiary/aromatic N) is 2. The topological polar surface area (TPSA) is 98.8 Å². The van der Waals surface area contributed by atoms with Crippen LogP contribution in [-0.2, 0) is 19.9 Å². The summed E-state index contributed by atoms with van der Waals surface area (Å²) in [5, 5.41) is 7.55. The summed E-state index contributed by atoms with van der Waals surface area (Å²) in [6.07, 6.45) is 0.107. The van der Waals surface area contributed by atoms with E-state index in [1.807, 2.05) is 42.5 Å². The number of carbonyl (C=O) groups excluding carboxylic acids is 4. The van der Waals surface area contributed by atoms with Crippen LogP contribution in [0.3, 0.4) is 0 Å². The Bertz CT molecular complexity index is 1350. The molecule has 0 aliphatic carbocycles. The Morgan fingerprint density at radius 1 is 1.00 bits per heavy atom. The van der Waals surface area contributed by atoms with Gasteiger partial charge in [-0.3, -0.25) is 19.3 Å². The van der Waals surface area contributed by atoms with Gasteiger partial charge in [0.15, 0.2) is 0 Å². The predicted molar refractivity (Wildman–Crippen MR) is 128 cm³/mol. The number of amides is 5. The largest absolute Gasteiger partial charge is 0.325 e. The highest BCUT2D eigenvalue weighted by Gasteiger charge is 2.50. The molecule has 34 heavy (non-hydrogen) atoms. The van der Waals surface area contributed by atoms with E-state index in [9.17, 15) is 19.2 Å². The lowest BCUT2D eigenvalue weighted by Gasteiger charge is -2.29. The molecule has 5 rings (SSSR count). The molecule has 8 heteroatoms. The smallest absolute Gasteiger partial charge is 0.324 e. The molecule has 0 aromatic heterocycles. The number of nitrogens with one attached hydrogen (secondary N) is 2. The van der Waals surface area contributed by atoms with Gasteiger partial charge in [-0.2, -0.15) is 0 Å². The van der Waals surface area contributed by atoms with Crippen LogP contribution < -0.4 is 15.5 Å². The fourth-order valence-corrected chi connectivity index (χ4v) is 4.72. The van der Waals surface area contributed by atoms with Crippen LogP contribution in [0.4, 0.5) is 16.2 Å². The van der Waals surface area contributed by atoms with Gasteiger partial charge in [-0.25, -0.2) is 4.79 Å². The van der Waals surface area contributed by atoms with Crippen LogP contribution in [0.2, 0.25) is 0 Å². The van der Waals surface area contributed by atoms with Crippen molar-refractivity contribution in [3.63, 3.8) is 0 Å². The molecule has 172 valence electrons. The van der Waals surface area contributed by atoms with Gasteiger partial charge in [0.05, 0.1) is 11.4 Å². The molecule has 2 aliphatic rings. The number of hydrogen-bond donors (Lipinski definition) is 2. The summed E-state index contributed by atoms with van der Waals surface area (Å²) in [7, 11) is 0. The Kier molecular flexibility index (Phi) is 5.08. The molecule has 5 amide bonds. The quantitative estimate of drug-likeness (QED) is 0.591. The summed E-state index contributed by atoms with van der Waals surface area (Å²) < 4.78 is 0. The third kappa shape index (κ3) is 3.48. The summed E-state index contributed by atoms with van der Waals surface area (Å²) in [6, 6.07) is 19.3. The van der Waals surface area contributed by atoms with E-state index in [1.165, 1.54) is 4.90 Å². The van der Waals surface area contributed by atoms with Crippen LogP contribution in [0.1, 0.15) is 25.8 Å². The lowest BCUT2D eigenvalue weighted by Crippen LogP contribution is -2.47. The predicted octanol–water partition coefficient (Wildman–Crippen LogP) is 3.37. The molecule has 2 N–H and O–H groups in total. The van der Waals surface area contributed by atoms with Crippen LogP contribution in [-0.4, -0.2) is 41.2 Å². The SMILES string of the molecule is C[C@H]1CC(=O)Nc2ccccc2N1C(=O)CN1C(=O)N[C@](C)(c2ccc3ccccc3c2)C1=O. The Morgan fingerprint density at radius 2 is 1.71 bits per heavy atom.